The minimum atomic E-state index is -0.487. The molecule has 0 N–H and O–H groups in total. The fourth-order valence-electron chi connectivity index (χ4n) is 3.57. The molecule has 1 fully saturated rings. The lowest BCUT2D eigenvalue weighted by atomic mass is 9.91. The third-order valence-corrected chi connectivity index (χ3v) is 5.06. The average molecular weight is 339 g/mol. The quantitative estimate of drug-likeness (QED) is 0.671. The first-order valence-corrected chi connectivity index (χ1v) is 8.18. The van der Waals surface area contributed by atoms with E-state index in [0.29, 0.717) is 17.6 Å². The second-order valence-electron chi connectivity index (χ2n) is 6.90. The number of para-hydroxylation sites is 1. The molecule has 1 aliphatic carbocycles. The SMILES string of the molecule is CC1(C)[C@H](/C=C/F)[C@@H]1C(C#N)c1ccc(F)c(Oc2ccccc2)c1. The molecule has 0 radical (unpaired) electrons. The van der Waals surface area contributed by atoms with Crippen LogP contribution in [0.15, 0.2) is 60.9 Å². The van der Waals surface area contributed by atoms with E-state index in [0.717, 1.165) is 0 Å². The topological polar surface area (TPSA) is 33.0 Å². The van der Waals surface area contributed by atoms with Crippen LogP contribution in [-0.2, 0) is 0 Å². The fourth-order valence-corrected chi connectivity index (χ4v) is 3.57. The van der Waals surface area contributed by atoms with Gasteiger partial charge in [-0.2, -0.15) is 5.26 Å². The molecule has 25 heavy (non-hydrogen) atoms. The predicted octanol–water partition coefficient (Wildman–Crippen LogP) is 5.98. The van der Waals surface area contributed by atoms with Crippen molar-refractivity contribution in [3.8, 4) is 17.6 Å². The van der Waals surface area contributed by atoms with Crippen molar-refractivity contribution in [3.63, 3.8) is 0 Å². The van der Waals surface area contributed by atoms with Gasteiger partial charge in [0.15, 0.2) is 11.6 Å². The highest BCUT2D eigenvalue weighted by molar-refractivity contribution is 5.40. The van der Waals surface area contributed by atoms with E-state index < -0.39 is 11.7 Å². The lowest BCUT2D eigenvalue weighted by Gasteiger charge is -2.14. The van der Waals surface area contributed by atoms with Crippen LogP contribution in [0, 0.1) is 34.4 Å². The number of hydrogen-bond acceptors (Lipinski definition) is 2. The molecule has 0 heterocycles. The number of ether oxygens (including phenoxy) is 1. The van der Waals surface area contributed by atoms with Gasteiger partial charge in [0, 0.05) is 0 Å². The molecule has 0 aliphatic heterocycles. The first kappa shape index (κ1) is 17.2. The Labute approximate surface area is 146 Å². The van der Waals surface area contributed by atoms with Crippen LogP contribution in [0.5, 0.6) is 11.5 Å². The van der Waals surface area contributed by atoms with E-state index in [9.17, 15) is 14.0 Å². The van der Waals surface area contributed by atoms with Crippen molar-refractivity contribution in [2.45, 2.75) is 19.8 Å². The second-order valence-corrected chi connectivity index (χ2v) is 6.90. The largest absolute Gasteiger partial charge is 0.454 e. The molecule has 128 valence electrons. The van der Waals surface area contributed by atoms with Gasteiger partial charge in [0.2, 0.25) is 0 Å². The summed E-state index contributed by atoms with van der Waals surface area (Å²) in [5.41, 5.74) is 0.514. The maximum Gasteiger partial charge on any atom is 0.165 e. The zero-order valence-electron chi connectivity index (χ0n) is 14.1. The van der Waals surface area contributed by atoms with Gasteiger partial charge in [-0.3, -0.25) is 0 Å². The Balaban J connectivity index is 1.90. The Morgan fingerprint density at radius 1 is 1.20 bits per heavy atom. The Kier molecular flexibility index (Phi) is 4.59. The number of halogens is 2. The van der Waals surface area contributed by atoms with Gasteiger partial charge in [-0.15, -0.1) is 0 Å². The van der Waals surface area contributed by atoms with Crippen LogP contribution in [0.4, 0.5) is 8.78 Å². The summed E-state index contributed by atoms with van der Waals surface area (Å²) >= 11 is 0. The summed E-state index contributed by atoms with van der Waals surface area (Å²) in [5.74, 6) is -0.350. The highest BCUT2D eigenvalue weighted by Gasteiger charge is 2.60. The molecule has 3 atom stereocenters. The van der Waals surface area contributed by atoms with Crippen LogP contribution in [0.2, 0.25) is 0 Å². The molecule has 2 aromatic carbocycles. The summed E-state index contributed by atoms with van der Waals surface area (Å²) in [6.07, 6.45) is 2.04. The van der Waals surface area contributed by atoms with Crippen molar-refractivity contribution in [1.29, 1.82) is 5.26 Å². The molecule has 1 unspecified atom stereocenters. The summed E-state index contributed by atoms with van der Waals surface area (Å²) < 4.78 is 32.3. The van der Waals surface area contributed by atoms with Crippen LogP contribution in [0.3, 0.4) is 0 Å². The maximum atomic E-state index is 14.1. The number of nitriles is 1. The molecule has 4 heteroatoms. The first-order chi connectivity index (χ1) is 12.0. The Morgan fingerprint density at radius 2 is 1.92 bits per heavy atom. The molecule has 0 saturated heterocycles. The van der Waals surface area contributed by atoms with Gasteiger partial charge >= 0.3 is 0 Å². The van der Waals surface area contributed by atoms with Gasteiger partial charge < -0.3 is 4.74 Å². The van der Waals surface area contributed by atoms with Gasteiger partial charge in [-0.05, 0) is 47.1 Å². The zero-order valence-corrected chi connectivity index (χ0v) is 14.1. The van der Waals surface area contributed by atoms with E-state index in [1.807, 2.05) is 19.9 Å². The summed E-state index contributed by atoms with van der Waals surface area (Å²) in [4.78, 5) is 0. The summed E-state index contributed by atoms with van der Waals surface area (Å²) in [7, 11) is 0. The van der Waals surface area contributed by atoms with E-state index in [4.69, 9.17) is 4.74 Å². The maximum absolute atomic E-state index is 14.1. The van der Waals surface area contributed by atoms with Gasteiger partial charge in [0.1, 0.15) is 5.75 Å². The van der Waals surface area contributed by atoms with Crippen molar-refractivity contribution >= 4 is 0 Å². The first-order valence-electron chi connectivity index (χ1n) is 8.18. The summed E-state index contributed by atoms with van der Waals surface area (Å²) in [6.45, 7) is 4.02. The summed E-state index contributed by atoms with van der Waals surface area (Å²) in [6, 6.07) is 15.7. The van der Waals surface area contributed by atoms with Crippen molar-refractivity contribution < 1.29 is 13.5 Å². The number of allylic oxidation sites excluding steroid dienone is 1. The number of rotatable bonds is 5. The van der Waals surface area contributed by atoms with Gasteiger partial charge in [-0.1, -0.05) is 44.2 Å². The molecule has 1 aliphatic rings. The number of hydrogen-bond donors (Lipinski definition) is 0. The molecular formula is C21H19F2NO. The normalized spacial score (nSPS) is 22.4. The van der Waals surface area contributed by atoms with Gasteiger partial charge in [0.05, 0.1) is 18.3 Å². The minimum Gasteiger partial charge on any atom is -0.454 e. The third-order valence-electron chi connectivity index (χ3n) is 5.06. The molecule has 0 amide bonds. The van der Waals surface area contributed by atoms with Crippen molar-refractivity contribution in [1.82, 2.24) is 0 Å². The molecule has 0 spiro atoms. The Bertz CT molecular complexity index is 824. The van der Waals surface area contributed by atoms with Crippen LogP contribution in [0.25, 0.3) is 0 Å². The molecule has 2 aromatic rings. The Hall–Kier alpha value is -2.67. The molecule has 2 nitrogen and oxygen atoms in total. The van der Waals surface area contributed by atoms with E-state index in [2.05, 4.69) is 6.07 Å². The van der Waals surface area contributed by atoms with E-state index in [-0.39, 0.29) is 23.0 Å². The lowest BCUT2D eigenvalue weighted by Crippen LogP contribution is -2.04. The van der Waals surface area contributed by atoms with Crippen LogP contribution in [-0.4, -0.2) is 0 Å². The molecule has 3 rings (SSSR count). The molecule has 0 aromatic heterocycles. The standard InChI is InChI=1S/C21H19F2NO/c1-21(2)17(10-11-22)20(21)16(13-24)14-8-9-18(23)19(12-14)25-15-6-4-3-5-7-15/h3-12,16-17,20H,1-2H3/b11-10+/t16?,17-,20+/m1/s1. The van der Waals surface area contributed by atoms with Crippen LogP contribution >= 0.6 is 0 Å². The molecule has 1 saturated carbocycles. The molecule has 0 bridgehead atoms. The second kappa shape index (κ2) is 6.68. The molecular weight excluding hydrogens is 320 g/mol. The summed E-state index contributed by atoms with van der Waals surface area (Å²) in [5, 5.41) is 9.66. The van der Waals surface area contributed by atoms with Crippen LogP contribution in [0.1, 0.15) is 25.3 Å². The monoisotopic (exact) mass is 339 g/mol. The van der Waals surface area contributed by atoms with Crippen LogP contribution < -0.4 is 4.74 Å². The van der Waals surface area contributed by atoms with Crippen molar-refractivity contribution in [2.24, 2.45) is 17.3 Å². The smallest absolute Gasteiger partial charge is 0.165 e. The van der Waals surface area contributed by atoms with Crippen molar-refractivity contribution in [3.05, 3.63) is 72.3 Å². The zero-order chi connectivity index (χ0) is 18.0. The lowest BCUT2D eigenvalue weighted by molar-refractivity contribution is 0.440. The van der Waals surface area contributed by atoms with Gasteiger partial charge in [0.25, 0.3) is 0 Å². The van der Waals surface area contributed by atoms with E-state index >= 15 is 0 Å². The Morgan fingerprint density at radius 3 is 2.56 bits per heavy atom. The number of benzene rings is 2. The van der Waals surface area contributed by atoms with E-state index in [1.54, 1.807) is 36.4 Å². The highest BCUT2D eigenvalue weighted by atomic mass is 19.1. The fraction of sp³-hybridized carbons (Fsp3) is 0.286. The highest BCUT2D eigenvalue weighted by Crippen LogP contribution is 2.64. The van der Waals surface area contributed by atoms with Crippen molar-refractivity contribution in [2.75, 3.05) is 0 Å². The van der Waals surface area contributed by atoms with Gasteiger partial charge in [-0.25, -0.2) is 8.78 Å². The predicted molar refractivity (Wildman–Crippen MR) is 92.3 cm³/mol. The van der Waals surface area contributed by atoms with E-state index in [1.165, 1.54) is 12.1 Å². The number of nitrogens with zero attached hydrogens (tertiary/aromatic N) is 1. The average Bonchev–Trinajstić information content (AvgIpc) is 3.13. The minimum absolute atomic E-state index is 0.00862. The third kappa shape index (κ3) is 3.28.